The molecule has 1 aliphatic heterocycles. The number of likely N-dealkylation sites (N-methyl/N-ethyl adjacent to an activating group) is 1. The number of nitrogen functional groups attached to an aromatic ring is 1. The number of nitrogens with zero attached hydrogens (tertiary/aromatic N) is 3. The quantitative estimate of drug-likeness (QED) is 0.415. The summed E-state index contributed by atoms with van der Waals surface area (Å²) in [6.07, 6.45) is 0. The lowest BCUT2D eigenvalue weighted by atomic mass is 10.0. The van der Waals surface area contributed by atoms with Gasteiger partial charge in [-0.15, -0.1) is 0 Å². The topological polar surface area (TPSA) is 119 Å². The van der Waals surface area contributed by atoms with Gasteiger partial charge in [0.15, 0.2) is 0 Å². The van der Waals surface area contributed by atoms with E-state index in [4.69, 9.17) is 11.5 Å². The van der Waals surface area contributed by atoms with Crippen molar-refractivity contribution < 1.29 is 27.2 Å². The Morgan fingerprint density at radius 1 is 1.19 bits per heavy atom. The molecule has 1 aromatic heterocycles. The van der Waals surface area contributed by atoms with Crippen LogP contribution in [0.4, 0.5) is 23.4 Å². The number of hydrogen-bond acceptors (Lipinski definition) is 5. The van der Waals surface area contributed by atoms with Crippen molar-refractivity contribution >= 4 is 17.6 Å². The molecule has 1 saturated heterocycles. The molecule has 1 aliphatic rings. The van der Waals surface area contributed by atoms with Gasteiger partial charge in [0.05, 0.1) is 6.54 Å². The monoisotopic (exact) mass is 518 g/mol. The highest BCUT2D eigenvalue weighted by Gasteiger charge is 2.50. The van der Waals surface area contributed by atoms with Gasteiger partial charge in [-0.3, -0.25) is 14.5 Å². The molecule has 5 N–H and O–H groups in total. The molecular formula is C25H26F4N6O2. The number of benzene rings is 2. The molecule has 2 amide bonds. The van der Waals surface area contributed by atoms with Gasteiger partial charge in [0.1, 0.15) is 34.8 Å². The Morgan fingerprint density at radius 2 is 1.92 bits per heavy atom. The van der Waals surface area contributed by atoms with Crippen LogP contribution in [-0.4, -0.2) is 52.1 Å². The van der Waals surface area contributed by atoms with Crippen LogP contribution in [-0.2, 0) is 6.54 Å². The summed E-state index contributed by atoms with van der Waals surface area (Å²) >= 11 is 0. The summed E-state index contributed by atoms with van der Waals surface area (Å²) in [6, 6.07) is 6.18. The number of halogens is 4. The lowest BCUT2D eigenvalue weighted by molar-refractivity contribution is -0.0241. The van der Waals surface area contributed by atoms with Crippen molar-refractivity contribution in [2.24, 2.45) is 5.73 Å². The van der Waals surface area contributed by atoms with Gasteiger partial charge in [-0.1, -0.05) is 25.1 Å². The Labute approximate surface area is 210 Å². The van der Waals surface area contributed by atoms with Gasteiger partial charge in [0.2, 0.25) is 0 Å². The fraction of sp³-hybridized carbons (Fsp3) is 0.320. The first-order chi connectivity index (χ1) is 17.4. The number of primary amides is 1. The van der Waals surface area contributed by atoms with Crippen LogP contribution in [0.5, 0.6) is 0 Å². The second kappa shape index (κ2) is 9.85. The number of hydrogen-bond donors (Lipinski definition) is 3. The Hall–Kier alpha value is -3.93. The van der Waals surface area contributed by atoms with Gasteiger partial charge in [-0.25, -0.2) is 22.2 Å². The summed E-state index contributed by atoms with van der Waals surface area (Å²) in [5.41, 5.74) is 12.0. The lowest BCUT2D eigenvalue weighted by Crippen LogP contribution is -2.31. The Morgan fingerprint density at radius 3 is 2.54 bits per heavy atom. The zero-order valence-corrected chi connectivity index (χ0v) is 20.2. The molecule has 0 aliphatic carbocycles. The molecule has 3 aromatic rings. The Bertz CT molecular complexity index is 1370. The summed E-state index contributed by atoms with van der Waals surface area (Å²) in [5, 5.41) is 6.70. The van der Waals surface area contributed by atoms with Crippen molar-refractivity contribution in [3.63, 3.8) is 0 Å². The van der Waals surface area contributed by atoms with E-state index in [1.54, 1.807) is 13.8 Å². The summed E-state index contributed by atoms with van der Waals surface area (Å²) in [7, 11) is 0. The van der Waals surface area contributed by atoms with Crippen LogP contribution in [0.25, 0.3) is 11.3 Å². The number of carbonyl (C=O) groups excluding carboxylic acids is 2. The minimum atomic E-state index is -3.16. The SMILES string of the molecule is CCN1CC(n2nc(-c3ccc(CNC(=O)c4cc(F)ccc4C)c(F)c3)c(C(N)=O)c2N)C(F)(F)C1. The summed E-state index contributed by atoms with van der Waals surface area (Å²) < 4.78 is 58.8. The van der Waals surface area contributed by atoms with Crippen LogP contribution in [0.15, 0.2) is 36.4 Å². The number of rotatable bonds is 7. The third-order valence-corrected chi connectivity index (χ3v) is 6.50. The molecular weight excluding hydrogens is 492 g/mol. The van der Waals surface area contributed by atoms with Crippen molar-refractivity contribution in [1.82, 2.24) is 20.0 Å². The smallest absolute Gasteiger partial charge is 0.283 e. The standard InChI is InChI=1S/C25H26F4N6O2/c1-3-34-11-19(25(28,29)12-34)35-22(30)20(23(31)36)21(33-35)14-5-6-15(18(27)8-14)10-32-24(37)17-9-16(26)7-4-13(17)2/h4-9,19H,3,10-12,30H2,1-2H3,(H2,31,36)(H,32,37). The van der Waals surface area contributed by atoms with Gasteiger partial charge in [0.25, 0.3) is 17.7 Å². The summed E-state index contributed by atoms with van der Waals surface area (Å²) in [4.78, 5) is 26.1. The highest BCUT2D eigenvalue weighted by atomic mass is 19.3. The van der Waals surface area contributed by atoms with E-state index in [1.807, 2.05) is 0 Å². The van der Waals surface area contributed by atoms with Crippen LogP contribution in [0.1, 0.15) is 44.8 Å². The number of alkyl halides is 2. The van der Waals surface area contributed by atoms with Crippen LogP contribution in [0.2, 0.25) is 0 Å². The third-order valence-electron chi connectivity index (χ3n) is 6.50. The second-order valence-electron chi connectivity index (χ2n) is 8.97. The van der Waals surface area contributed by atoms with Gasteiger partial charge < -0.3 is 16.8 Å². The molecule has 8 nitrogen and oxygen atoms in total. The van der Waals surface area contributed by atoms with Crippen LogP contribution in [0, 0.1) is 18.6 Å². The van der Waals surface area contributed by atoms with Gasteiger partial charge in [-0.2, -0.15) is 5.10 Å². The number of nitrogens with two attached hydrogens (primary N) is 2. The van der Waals surface area contributed by atoms with Crippen LogP contribution < -0.4 is 16.8 Å². The van der Waals surface area contributed by atoms with Crippen LogP contribution >= 0.6 is 0 Å². The second-order valence-corrected chi connectivity index (χ2v) is 8.97. The third kappa shape index (κ3) is 5.01. The predicted molar refractivity (Wildman–Crippen MR) is 129 cm³/mol. The van der Waals surface area contributed by atoms with Crippen molar-refractivity contribution in [3.05, 3.63) is 70.3 Å². The predicted octanol–water partition coefficient (Wildman–Crippen LogP) is 3.26. The number of aryl methyl sites for hydroxylation is 1. The lowest BCUT2D eigenvalue weighted by Gasteiger charge is -2.19. The maximum absolute atomic E-state index is 15.0. The molecule has 37 heavy (non-hydrogen) atoms. The molecule has 0 radical (unpaired) electrons. The van der Waals surface area contributed by atoms with E-state index in [2.05, 4.69) is 10.4 Å². The first kappa shape index (κ1) is 26.1. The number of carbonyl (C=O) groups is 2. The van der Waals surface area contributed by atoms with E-state index in [-0.39, 0.29) is 46.9 Å². The number of anilines is 1. The molecule has 1 unspecified atom stereocenters. The van der Waals surface area contributed by atoms with Crippen molar-refractivity contribution in [1.29, 1.82) is 0 Å². The fourth-order valence-corrected chi connectivity index (χ4v) is 4.42. The maximum Gasteiger partial charge on any atom is 0.283 e. The average molecular weight is 519 g/mol. The van der Waals surface area contributed by atoms with E-state index in [1.165, 1.54) is 29.2 Å². The molecule has 196 valence electrons. The highest BCUT2D eigenvalue weighted by Crippen LogP contribution is 2.40. The number of aromatic nitrogens is 2. The minimum absolute atomic E-state index is 0.0369. The first-order valence-corrected chi connectivity index (χ1v) is 11.5. The molecule has 4 rings (SSSR count). The molecule has 0 saturated carbocycles. The van der Waals surface area contributed by atoms with Crippen molar-refractivity contribution in [2.75, 3.05) is 25.4 Å². The molecule has 1 atom stereocenters. The van der Waals surface area contributed by atoms with E-state index < -0.39 is 42.0 Å². The van der Waals surface area contributed by atoms with Crippen LogP contribution in [0.3, 0.4) is 0 Å². The van der Waals surface area contributed by atoms with Gasteiger partial charge in [0, 0.05) is 29.8 Å². The number of amides is 2. The zero-order valence-electron chi connectivity index (χ0n) is 20.2. The molecule has 0 bridgehead atoms. The Kier molecular flexibility index (Phi) is 6.96. The summed E-state index contributed by atoms with van der Waals surface area (Å²) in [6.45, 7) is 3.05. The largest absolute Gasteiger partial charge is 0.383 e. The van der Waals surface area contributed by atoms with E-state index in [0.29, 0.717) is 12.1 Å². The highest BCUT2D eigenvalue weighted by molar-refractivity contribution is 6.03. The summed E-state index contributed by atoms with van der Waals surface area (Å²) in [5.74, 6) is -6.38. The van der Waals surface area contributed by atoms with Crippen molar-refractivity contribution in [2.45, 2.75) is 32.4 Å². The molecule has 0 spiro atoms. The van der Waals surface area contributed by atoms with E-state index in [0.717, 1.165) is 16.8 Å². The minimum Gasteiger partial charge on any atom is -0.383 e. The zero-order chi connectivity index (χ0) is 27.1. The number of nitrogens with one attached hydrogen (secondary N) is 1. The molecule has 2 heterocycles. The normalized spacial score (nSPS) is 17.2. The van der Waals surface area contributed by atoms with Gasteiger partial charge in [-0.05, 0) is 37.2 Å². The Balaban J connectivity index is 1.61. The fourth-order valence-electron chi connectivity index (χ4n) is 4.42. The molecule has 1 fully saturated rings. The number of likely N-dealkylation sites (tertiary alicyclic amines) is 1. The molecule has 2 aromatic carbocycles. The first-order valence-electron chi connectivity index (χ1n) is 11.5. The molecule has 12 heteroatoms. The average Bonchev–Trinajstić information content (AvgIpc) is 3.34. The van der Waals surface area contributed by atoms with E-state index in [9.17, 15) is 27.2 Å². The van der Waals surface area contributed by atoms with Gasteiger partial charge >= 0.3 is 0 Å². The maximum atomic E-state index is 15.0. The van der Waals surface area contributed by atoms with E-state index >= 15 is 0 Å². The van der Waals surface area contributed by atoms with Crippen molar-refractivity contribution in [3.8, 4) is 11.3 Å².